The van der Waals surface area contributed by atoms with Gasteiger partial charge in [-0.25, -0.2) is 4.79 Å². The monoisotopic (exact) mass is 272 g/mol. The summed E-state index contributed by atoms with van der Waals surface area (Å²) in [4.78, 5) is 13.6. The van der Waals surface area contributed by atoms with Crippen molar-refractivity contribution in [3.63, 3.8) is 0 Å². The molecule has 1 fully saturated rings. The Morgan fingerprint density at radius 2 is 2.25 bits per heavy atom. The number of morpholine rings is 1. The van der Waals surface area contributed by atoms with Crippen LogP contribution in [0.4, 0.5) is 4.79 Å². The van der Waals surface area contributed by atoms with Gasteiger partial charge in [0.15, 0.2) is 0 Å². The number of terminal acetylenes is 1. The summed E-state index contributed by atoms with van der Waals surface area (Å²) in [6.07, 6.45) is 7.12. The zero-order valence-corrected chi connectivity index (χ0v) is 11.5. The molecule has 0 aromatic heterocycles. The van der Waals surface area contributed by atoms with E-state index in [0.29, 0.717) is 19.7 Å². The van der Waals surface area contributed by atoms with Crippen LogP contribution in [-0.2, 0) is 11.2 Å². The lowest BCUT2D eigenvalue weighted by atomic mass is 10.1. The van der Waals surface area contributed by atoms with Gasteiger partial charge < -0.3 is 15.0 Å². The number of aryl methyl sites for hydroxylation is 1. The van der Waals surface area contributed by atoms with Crippen LogP contribution in [0.3, 0.4) is 0 Å². The van der Waals surface area contributed by atoms with Crippen LogP contribution in [-0.4, -0.2) is 43.3 Å². The highest BCUT2D eigenvalue weighted by Crippen LogP contribution is 2.12. The molecule has 1 aromatic rings. The minimum Gasteiger partial charge on any atom is -0.375 e. The minimum absolute atomic E-state index is 0.0977. The van der Waals surface area contributed by atoms with Gasteiger partial charge >= 0.3 is 6.03 Å². The molecule has 0 spiro atoms. The zero-order chi connectivity index (χ0) is 14.2. The number of rotatable bonds is 4. The minimum atomic E-state index is -0.101. The molecule has 0 radical (unpaired) electrons. The smallest absolute Gasteiger partial charge is 0.318 e. The van der Waals surface area contributed by atoms with Gasteiger partial charge in [-0.15, -0.1) is 6.42 Å². The Bertz CT molecular complexity index is 467. The Morgan fingerprint density at radius 3 is 3.00 bits per heavy atom. The fourth-order valence-electron chi connectivity index (χ4n) is 2.29. The topological polar surface area (TPSA) is 41.6 Å². The Morgan fingerprint density at radius 1 is 1.45 bits per heavy atom. The molecule has 4 heteroatoms. The van der Waals surface area contributed by atoms with E-state index in [1.54, 1.807) is 4.90 Å². The largest absolute Gasteiger partial charge is 0.375 e. The molecule has 1 aliphatic rings. The average molecular weight is 272 g/mol. The first-order valence-electron chi connectivity index (χ1n) is 6.91. The third-order valence-electron chi connectivity index (χ3n) is 3.37. The van der Waals surface area contributed by atoms with Crippen molar-refractivity contribution in [1.29, 1.82) is 0 Å². The summed E-state index contributed by atoms with van der Waals surface area (Å²) in [6, 6.07) is 10.2. The Kier molecular flexibility index (Phi) is 5.45. The van der Waals surface area contributed by atoms with E-state index in [-0.39, 0.29) is 18.7 Å². The molecule has 2 amide bonds. The quantitative estimate of drug-likeness (QED) is 0.847. The zero-order valence-electron chi connectivity index (χ0n) is 11.5. The maximum absolute atomic E-state index is 11.8. The highest BCUT2D eigenvalue weighted by molar-refractivity contribution is 5.74. The number of nitrogens with one attached hydrogen (secondary N) is 1. The van der Waals surface area contributed by atoms with Crippen LogP contribution in [0.15, 0.2) is 30.3 Å². The lowest BCUT2D eigenvalue weighted by Gasteiger charge is -2.32. The highest BCUT2D eigenvalue weighted by Gasteiger charge is 2.23. The molecule has 1 heterocycles. The van der Waals surface area contributed by atoms with Crippen LogP contribution in [0, 0.1) is 12.3 Å². The van der Waals surface area contributed by atoms with Crippen LogP contribution < -0.4 is 5.32 Å². The normalized spacial score (nSPS) is 18.4. The summed E-state index contributed by atoms with van der Waals surface area (Å²) in [7, 11) is 0. The Balaban J connectivity index is 1.78. The number of nitrogens with zero attached hydrogens (tertiary/aromatic N) is 1. The molecule has 1 atom stereocenters. The first-order valence-corrected chi connectivity index (χ1v) is 6.91. The van der Waals surface area contributed by atoms with E-state index >= 15 is 0 Å². The average Bonchev–Trinajstić information content (AvgIpc) is 2.52. The van der Waals surface area contributed by atoms with Crippen LogP contribution in [0.2, 0.25) is 0 Å². The van der Waals surface area contributed by atoms with E-state index in [1.165, 1.54) is 5.56 Å². The first kappa shape index (κ1) is 14.4. The molecule has 1 aliphatic heterocycles. The number of amides is 2. The number of carbonyl (C=O) groups excluding carboxylic acids is 1. The Hall–Kier alpha value is -1.99. The molecule has 4 nitrogen and oxygen atoms in total. The van der Waals surface area contributed by atoms with Crippen LogP contribution in [0.25, 0.3) is 0 Å². The number of urea groups is 1. The van der Waals surface area contributed by atoms with Gasteiger partial charge in [-0.3, -0.25) is 0 Å². The molecule has 0 bridgehead atoms. The predicted molar refractivity (Wildman–Crippen MR) is 78.3 cm³/mol. The molecule has 1 saturated heterocycles. The predicted octanol–water partition coefficient (Wildman–Crippen LogP) is 1.66. The number of hydrogen-bond acceptors (Lipinski definition) is 2. The standard InChI is InChI=1S/C16H20N2O2/c1-2-10-17-16(19)18-11-12-20-15(13-18)9-8-14-6-4-3-5-7-14/h1,3-7,15H,8-13H2,(H,17,19). The van der Waals surface area contributed by atoms with Crippen LogP contribution in [0.5, 0.6) is 0 Å². The van der Waals surface area contributed by atoms with E-state index in [0.717, 1.165) is 12.8 Å². The van der Waals surface area contributed by atoms with Gasteiger partial charge in [0.2, 0.25) is 0 Å². The Labute approximate surface area is 120 Å². The van der Waals surface area contributed by atoms with Gasteiger partial charge in [0, 0.05) is 13.1 Å². The summed E-state index contributed by atoms with van der Waals surface area (Å²) in [6.45, 7) is 2.11. The molecule has 2 rings (SSSR count). The summed E-state index contributed by atoms with van der Waals surface area (Å²) >= 11 is 0. The lowest BCUT2D eigenvalue weighted by molar-refractivity contribution is -0.0174. The van der Waals surface area contributed by atoms with E-state index in [2.05, 4.69) is 23.4 Å². The molecular formula is C16H20N2O2. The van der Waals surface area contributed by atoms with Gasteiger partial charge in [-0.1, -0.05) is 36.3 Å². The van der Waals surface area contributed by atoms with E-state index < -0.39 is 0 Å². The second-order valence-corrected chi connectivity index (χ2v) is 4.83. The second kappa shape index (κ2) is 7.56. The highest BCUT2D eigenvalue weighted by atomic mass is 16.5. The van der Waals surface area contributed by atoms with Crippen molar-refractivity contribution in [1.82, 2.24) is 10.2 Å². The summed E-state index contributed by atoms with van der Waals surface area (Å²) < 4.78 is 5.72. The summed E-state index contributed by atoms with van der Waals surface area (Å²) in [5.74, 6) is 2.41. The molecule has 1 aromatic carbocycles. The molecule has 0 saturated carbocycles. The molecule has 1 unspecified atom stereocenters. The number of ether oxygens (including phenoxy) is 1. The van der Waals surface area contributed by atoms with E-state index in [9.17, 15) is 4.79 Å². The van der Waals surface area contributed by atoms with Crippen molar-refractivity contribution >= 4 is 6.03 Å². The molecular weight excluding hydrogens is 252 g/mol. The molecule has 1 N–H and O–H groups in total. The molecule has 106 valence electrons. The SMILES string of the molecule is C#CCNC(=O)N1CCOC(CCc2ccccc2)C1. The lowest BCUT2D eigenvalue weighted by Crippen LogP contribution is -2.49. The third-order valence-corrected chi connectivity index (χ3v) is 3.37. The second-order valence-electron chi connectivity index (χ2n) is 4.83. The van der Waals surface area contributed by atoms with Crippen molar-refractivity contribution in [2.75, 3.05) is 26.2 Å². The van der Waals surface area contributed by atoms with Gasteiger partial charge in [0.05, 0.1) is 19.3 Å². The molecule has 0 aliphatic carbocycles. The van der Waals surface area contributed by atoms with Crippen molar-refractivity contribution in [2.45, 2.75) is 18.9 Å². The van der Waals surface area contributed by atoms with Crippen molar-refractivity contribution in [2.24, 2.45) is 0 Å². The number of carbonyl (C=O) groups is 1. The summed E-state index contributed by atoms with van der Waals surface area (Å²) in [5, 5.41) is 2.69. The van der Waals surface area contributed by atoms with E-state index in [4.69, 9.17) is 11.2 Å². The van der Waals surface area contributed by atoms with Crippen molar-refractivity contribution in [3.05, 3.63) is 35.9 Å². The van der Waals surface area contributed by atoms with Gasteiger partial charge in [-0.05, 0) is 18.4 Å². The number of hydrogen-bond donors (Lipinski definition) is 1. The first-order chi connectivity index (χ1) is 9.79. The molecule has 20 heavy (non-hydrogen) atoms. The maximum atomic E-state index is 11.8. The third kappa shape index (κ3) is 4.29. The number of benzene rings is 1. The van der Waals surface area contributed by atoms with Gasteiger partial charge in [0.25, 0.3) is 0 Å². The van der Waals surface area contributed by atoms with Crippen molar-refractivity contribution < 1.29 is 9.53 Å². The van der Waals surface area contributed by atoms with Crippen molar-refractivity contribution in [3.8, 4) is 12.3 Å². The van der Waals surface area contributed by atoms with Crippen LogP contribution >= 0.6 is 0 Å². The maximum Gasteiger partial charge on any atom is 0.318 e. The van der Waals surface area contributed by atoms with Gasteiger partial charge in [-0.2, -0.15) is 0 Å². The fraction of sp³-hybridized carbons (Fsp3) is 0.438. The summed E-state index contributed by atoms with van der Waals surface area (Å²) in [5.41, 5.74) is 1.30. The van der Waals surface area contributed by atoms with Crippen LogP contribution in [0.1, 0.15) is 12.0 Å². The van der Waals surface area contributed by atoms with Gasteiger partial charge in [0.1, 0.15) is 0 Å². The van der Waals surface area contributed by atoms with E-state index in [1.807, 2.05) is 18.2 Å². The fourth-order valence-corrected chi connectivity index (χ4v) is 2.29.